The molecule has 0 aliphatic heterocycles. The number of ether oxygens (including phenoxy) is 2. The molecule has 0 saturated carbocycles. The molecule has 2 nitrogen and oxygen atoms in total. The van der Waals surface area contributed by atoms with E-state index in [4.69, 9.17) is 9.47 Å². The average Bonchev–Trinajstić information content (AvgIpc) is 2.57. The molecule has 0 atom stereocenters. The van der Waals surface area contributed by atoms with Gasteiger partial charge in [-0.25, -0.2) is 0 Å². The molecule has 1 rings (SSSR count). The molecule has 0 N–H and O–H groups in total. The minimum Gasteiger partial charge on any atom is -0.496 e. The third kappa shape index (κ3) is 5.31. The van der Waals surface area contributed by atoms with E-state index < -0.39 is 0 Å². The summed E-state index contributed by atoms with van der Waals surface area (Å²) in [7, 11) is 4.43. The van der Waals surface area contributed by atoms with Gasteiger partial charge in [-0.3, -0.25) is 0 Å². The molecule has 0 unspecified atom stereocenters. The molecule has 4 heteroatoms. The van der Waals surface area contributed by atoms with Crippen molar-refractivity contribution in [1.29, 1.82) is 0 Å². The SMILES string of the molecule is CC[S+](CC)Cc1cc(OC)c(C[S+](CC)CC)cc1OC. The fraction of sp³-hybridized carbons (Fsp3) is 0.667. The first-order chi connectivity index (χ1) is 10.6. The Labute approximate surface area is 142 Å². The molecule has 126 valence electrons. The van der Waals surface area contributed by atoms with Gasteiger partial charge in [0.05, 0.1) is 14.2 Å². The summed E-state index contributed by atoms with van der Waals surface area (Å²) in [5, 5.41) is 0. The normalized spacial score (nSPS) is 11.3. The maximum atomic E-state index is 5.68. The van der Waals surface area contributed by atoms with Crippen LogP contribution in [0.2, 0.25) is 0 Å². The van der Waals surface area contributed by atoms with E-state index in [0.717, 1.165) is 23.0 Å². The molecule has 0 heterocycles. The summed E-state index contributed by atoms with van der Waals surface area (Å²) in [5.74, 6) is 9.20. The topological polar surface area (TPSA) is 18.5 Å². The second-order valence-corrected chi connectivity index (χ2v) is 10.5. The molecular weight excluding hydrogens is 312 g/mol. The van der Waals surface area contributed by atoms with Gasteiger partial charge >= 0.3 is 0 Å². The summed E-state index contributed by atoms with van der Waals surface area (Å²) in [6.07, 6.45) is 0. The highest BCUT2D eigenvalue weighted by atomic mass is 32.2. The van der Waals surface area contributed by atoms with Crippen LogP contribution in [-0.4, -0.2) is 37.2 Å². The molecule has 0 bridgehead atoms. The van der Waals surface area contributed by atoms with Crippen LogP contribution < -0.4 is 9.47 Å². The lowest BCUT2D eigenvalue weighted by atomic mass is 10.1. The van der Waals surface area contributed by atoms with E-state index in [9.17, 15) is 0 Å². The van der Waals surface area contributed by atoms with Crippen LogP contribution in [-0.2, 0) is 33.3 Å². The largest absolute Gasteiger partial charge is 0.496 e. The monoisotopic (exact) mass is 344 g/mol. The van der Waals surface area contributed by atoms with Crippen molar-refractivity contribution in [1.82, 2.24) is 0 Å². The fourth-order valence-electron chi connectivity index (χ4n) is 2.51. The van der Waals surface area contributed by atoms with E-state index in [0.29, 0.717) is 21.8 Å². The van der Waals surface area contributed by atoms with Gasteiger partial charge in [-0.15, -0.1) is 0 Å². The molecule has 0 aromatic heterocycles. The second kappa shape index (κ2) is 10.3. The van der Waals surface area contributed by atoms with E-state index in [1.807, 2.05) is 0 Å². The summed E-state index contributed by atoms with van der Waals surface area (Å²) in [6, 6.07) is 4.43. The van der Waals surface area contributed by atoms with Crippen LogP contribution in [0.4, 0.5) is 0 Å². The average molecular weight is 345 g/mol. The Morgan fingerprint density at radius 3 is 1.23 bits per heavy atom. The second-order valence-electron chi connectivity index (χ2n) is 5.14. The summed E-state index contributed by atoms with van der Waals surface area (Å²) >= 11 is 0. The van der Waals surface area contributed by atoms with Crippen LogP contribution in [0.1, 0.15) is 38.8 Å². The van der Waals surface area contributed by atoms with Crippen molar-refractivity contribution >= 4 is 21.8 Å². The van der Waals surface area contributed by atoms with Crippen molar-refractivity contribution in [2.24, 2.45) is 0 Å². The number of hydrogen-bond donors (Lipinski definition) is 0. The first-order valence-electron chi connectivity index (χ1n) is 8.15. The molecule has 22 heavy (non-hydrogen) atoms. The first-order valence-corrected chi connectivity index (χ1v) is 11.6. The molecule has 0 spiro atoms. The van der Waals surface area contributed by atoms with Crippen LogP contribution >= 0.6 is 0 Å². The van der Waals surface area contributed by atoms with Gasteiger partial charge in [0.15, 0.2) is 0 Å². The molecule has 0 fully saturated rings. The van der Waals surface area contributed by atoms with Crippen molar-refractivity contribution in [2.45, 2.75) is 39.2 Å². The van der Waals surface area contributed by atoms with E-state index in [1.54, 1.807) is 14.2 Å². The van der Waals surface area contributed by atoms with E-state index in [1.165, 1.54) is 34.1 Å². The Bertz CT molecular complexity index is 399. The molecule has 0 aliphatic carbocycles. The Morgan fingerprint density at radius 2 is 1.00 bits per heavy atom. The molecule has 0 radical (unpaired) electrons. The van der Waals surface area contributed by atoms with Crippen LogP contribution in [0.5, 0.6) is 11.5 Å². The molecule has 1 aromatic carbocycles. The van der Waals surface area contributed by atoms with Gasteiger partial charge in [-0.05, 0) is 61.6 Å². The van der Waals surface area contributed by atoms with Gasteiger partial charge in [-0.1, -0.05) is 0 Å². The molecule has 0 saturated heterocycles. The number of rotatable bonds is 10. The van der Waals surface area contributed by atoms with Gasteiger partial charge in [0.1, 0.15) is 46.0 Å². The predicted molar refractivity (Wildman–Crippen MR) is 104 cm³/mol. The maximum absolute atomic E-state index is 5.68. The Kier molecular flexibility index (Phi) is 9.18. The van der Waals surface area contributed by atoms with Gasteiger partial charge < -0.3 is 9.47 Å². The van der Waals surface area contributed by atoms with Gasteiger partial charge in [0, 0.05) is 11.1 Å². The number of benzene rings is 1. The molecule has 1 aromatic rings. The van der Waals surface area contributed by atoms with Crippen LogP contribution in [0.3, 0.4) is 0 Å². The predicted octanol–water partition coefficient (Wildman–Crippen LogP) is 4.02. The standard InChI is InChI=1S/C18H32O2S2/c1-7-21(8-2)13-15-11-18(20-6)16(12-17(15)19-5)14-22(9-3)10-4/h11-12H,7-10,13-14H2,1-6H3/q+2. The van der Waals surface area contributed by atoms with Crippen LogP contribution in [0.25, 0.3) is 0 Å². The quantitative estimate of drug-likeness (QED) is 0.597. The Hall–Kier alpha value is -0.480. The fourth-order valence-corrected chi connectivity index (χ4v) is 5.47. The van der Waals surface area contributed by atoms with Crippen molar-refractivity contribution in [3.8, 4) is 11.5 Å². The first kappa shape index (κ1) is 19.6. The maximum Gasteiger partial charge on any atom is 0.136 e. The van der Waals surface area contributed by atoms with Crippen molar-refractivity contribution in [3.63, 3.8) is 0 Å². The minimum absolute atomic E-state index is 0.434. The zero-order chi connectivity index (χ0) is 16.5. The van der Waals surface area contributed by atoms with Crippen LogP contribution in [0.15, 0.2) is 12.1 Å². The Morgan fingerprint density at radius 1 is 0.682 bits per heavy atom. The summed E-state index contributed by atoms with van der Waals surface area (Å²) in [5.41, 5.74) is 2.59. The zero-order valence-electron chi connectivity index (χ0n) is 15.0. The van der Waals surface area contributed by atoms with Gasteiger partial charge in [-0.2, -0.15) is 0 Å². The lowest BCUT2D eigenvalue weighted by Gasteiger charge is -2.15. The third-order valence-corrected chi connectivity index (χ3v) is 8.74. The van der Waals surface area contributed by atoms with E-state index >= 15 is 0 Å². The highest BCUT2D eigenvalue weighted by Crippen LogP contribution is 2.32. The lowest BCUT2D eigenvalue weighted by Crippen LogP contribution is -2.14. The van der Waals surface area contributed by atoms with E-state index in [-0.39, 0.29) is 0 Å². The molecule has 0 aliphatic rings. The highest BCUT2D eigenvalue weighted by molar-refractivity contribution is 7.96. The highest BCUT2D eigenvalue weighted by Gasteiger charge is 2.22. The minimum atomic E-state index is 0.434. The Balaban J connectivity index is 3.10. The van der Waals surface area contributed by atoms with Crippen molar-refractivity contribution in [2.75, 3.05) is 37.2 Å². The van der Waals surface area contributed by atoms with E-state index in [2.05, 4.69) is 39.8 Å². The number of methoxy groups -OCH3 is 2. The van der Waals surface area contributed by atoms with Crippen LogP contribution in [0, 0.1) is 0 Å². The summed E-state index contributed by atoms with van der Waals surface area (Å²) in [4.78, 5) is 0. The van der Waals surface area contributed by atoms with Gasteiger partial charge in [0.25, 0.3) is 0 Å². The lowest BCUT2D eigenvalue weighted by molar-refractivity contribution is 0.397. The van der Waals surface area contributed by atoms with Crippen molar-refractivity contribution in [3.05, 3.63) is 23.3 Å². The third-order valence-electron chi connectivity index (χ3n) is 4.04. The molecular formula is C18H32O2S2+2. The number of hydrogen-bond acceptors (Lipinski definition) is 2. The summed E-state index contributed by atoms with van der Waals surface area (Å²) in [6.45, 7) is 9.11. The zero-order valence-corrected chi connectivity index (χ0v) is 16.7. The smallest absolute Gasteiger partial charge is 0.136 e. The van der Waals surface area contributed by atoms with Crippen molar-refractivity contribution < 1.29 is 9.47 Å². The van der Waals surface area contributed by atoms with Gasteiger partial charge in [0.2, 0.25) is 0 Å². The summed E-state index contributed by atoms with van der Waals surface area (Å²) < 4.78 is 11.4. The molecule has 0 amide bonds.